The van der Waals surface area contributed by atoms with Gasteiger partial charge in [-0.3, -0.25) is 4.79 Å². The predicted molar refractivity (Wildman–Crippen MR) is 102 cm³/mol. The topological polar surface area (TPSA) is 79.5 Å². The van der Waals surface area contributed by atoms with E-state index in [1.54, 1.807) is 24.3 Å². The molecule has 6 heteroatoms. The molecule has 0 unspecified atom stereocenters. The number of likely N-dealkylation sites (N-methyl/N-ethyl adjacent to an activating group) is 1. The lowest BCUT2D eigenvalue weighted by Gasteiger charge is -2.11. The number of carbonyl (C=O) groups is 2. The lowest BCUT2D eigenvalue weighted by atomic mass is 10.1. The first-order valence-electron chi connectivity index (χ1n) is 8.58. The van der Waals surface area contributed by atoms with E-state index in [0.29, 0.717) is 24.5 Å². The third-order valence-electron chi connectivity index (χ3n) is 3.77. The Kier molecular flexibility index (Phi) is 7.02. The van der Waals surface area contributed by atoms with Crippen molar-refractivity contribution < 1.29 is 14.3 Å². The zero-order valence-electron chi connectivity index (χ0n) is 15.4. The van der Waals surface area contributed by atoms with Crippen molar-refractivity contribution in [2.45, 2.75) is 27.3 Å². The van der Waals surface area contributed by atoms with Gasteiger partial charge in [0.2, 0.25) is 0 Å². The minimum atomic E-state index is -0.300. The second-order valence-electron chi connectivity index (χ2n) is 6.01. The molecule has 138 valence electrons. The summed E-state index contributed by atoms with van der Waals surface area (Å²) in [7, 11) is 0. The highest BCUT2D eigenvalue weighted by molar-refractivity contribution is 5.89. The second-order valence-corrected chi connectivity index (χ2v) is 6.01. The zero-order chi connectivity index (χ0) is 18.9. The third kappa shape index (κ3) is 6.12. The Bertz CT molecular complexity index is 775. The van der Waals surface area contributed by atoms with Crippen LogP contribution in [-0.2, 0) is 11.3 Å². The molecule has 0 fully saturated rings. The maximum Gasteiger partial charge on any atom is 0.319 e. The van der Waals surface area contributed by atoms with Crippen molar-refractivity contribution in [3.63, 3.8) is 0 Å². The van der Waals surface area contributed by atoms with Crippen LogP contribution >= 0.6 is 0 Å². The minimum Gasteiger partial charge on any atom is -0.484 e. The standard InChI is InChI=1S/C20H25N3O3/c1-4-21-19(24)13-26-18-7-5-6-17(11-18)23-20(25)22-12-16-9-8-14(2)10-15(16)3/h5-11H,4,12-13H2,1-3H3,(H,21,24)(H2,22,23,25). The Hall–Kier alpha value is -3.02. The summed E-state index contributed by atoms with van der Waals surface area (Å²) in [6.07, 6.45) is 0. The molecule has 0 bridgehead atoms. The van der Waals surface area contributed by atoms with E-state index in [1.165, 1.54) is 5.56 Å². The van der Waals surface area contributed by atoms with Crippen LogP contribution in [0.15, 0.2) is 42.5 Å². The zero-order valence-corrected chi connectivity index (χ0v) is 15.4. The molecule has 2 aromatic rings. The van der Waals surface area contributed by atoms with Crippen LogP contribution in [0.25, 0.3) is 0 Å². The largest absolute Gasteiger partial charge is 0.484 e. The van der Waals surface area contributed by atoms with Gasteiger partial charge in [0.05, 0.1) is 0 Å². The van der Waals surface area contributed by atoms with Crippen LogP contribution in [-0.4, -0.2) is 25.1 Å². The smallest absolute Gasteiger partial charge is 0.319 e. The molecule has 0 aliphatic heterocycles. The van der Waals surface area contributed by atoms with E-state index < -0.39 is 0 Å². The quantitative estimate of drug-likeness (QED) is 0.714. The number of amides is 3. The first-order chi connectivity index (χ1) is 12.5. The Morgan fingerprint density at radius 2 is 1.85 bits per heavy atom. The highest BCUT2D eigenvalue weighted by atomic mass is 16.5. The Balaban J connectivity index is 1.86. The summed E-state index contributed by atoms with van der Waals surface area (Å²) >= 11 is 0. The van der Waals surface area contributed by atoms with E-state index in [4.69, 9.17) is 4.74 Å². The van der Waals surface area contributed by atoms with E-state index >= 15 is 0 Å². The molecule has 26 heavy (non-hydrogen) atoms. The maximum atomic E-state index is 12.1. The van der Waals surface area contributed by atoms with E-state index in [0.717, 1.165) is 11.1 Å². The molecular formula is C20H25N3O3. The van der Waals surface area contributed by atoms with Gasteiger partial charge >= 0.3 is 6.03 Å². The number of hydrogen-bond donors (Lipinski definition) is 3. The molecule has 2 rings (SSSR count). The molecule has 0 atom stereocenters. The van der Waals surface area contributed by atoms with Gasteiger partial charge in [-0.25, -0.2) is 4.79 Å². The summed E-state index contributed by atoms with van der Waals surface area (Å²) in [4.78, 5) is 23.5. The van der Waals surface area contributed by atoms with Crippen LogP contribution in [0.5, 0.6) is 5.75 Å². The first kappa shape index (κ1) is 19.3. The SMILES string of the molecule is CCNC(=O)COc1cccc(NC(=O)NCc2ccc(C)cc2C)c1. The van der Waals surface area contributed by atoms with Crippen LogP contribution in [0.3, 0.4) is 0 Å². The Morgan fingerprint density at radius 3 is 2.58 bits per heavy atom. The monoisotopic (exact) mass is 355 g/mol. The average molecular weight is 355 g/mol. The number of carbonyl (C=O) groups excluding carboxylic acids is 2. The molecule has 0 aliphatic carbocycles. The van der Waals surface area contributed by atoms with Crippen molar-refractivity contribution in [2.24, 2.45) is 0 Å². The summed E-state index contributed by atoms with van der Waals surface area (Å²) < 4.78 is 5.42. The summed E-state index contributed by atoms with van der Waals surface area (Å²) in [6, 6.07) is 12.8. The second kappa shape index (κ2) is 9.46. The highest BCUT2D eigenvalue weighted by Gasteiger charge is 2.06. The Labute approximate surface area is 153 Å². The number of ether oxygens (including phenoxy) is 1. The molecule has 3 amide bonds. The van der Waals surface area contributed by atoms with Gasteiger partial charge in [0.25, 0.3) is 5.91 Å². The molecule has 2 aromatic carbocycles. The van der Waals surface area contributed by atoms with Crippen molar-refractivity contribution in [2.75, 3.05) is 18.5 Å². The van der Waals surface area contributed by atoms with Crippen molar-refractivity contribution in [1.82, 2.24) is 10.6 Å². The fourth-order valence-corrected chi connectivity index (χ4v) is 2.46. The van der Waals surface area contributed by atoms with Crippen LogP contribution < -0.4 is 20.7 Å². The van der Waals surface area contributed by atoms with E-state index in [2.05, 4.69) is 22.0 Å². The summed E-state index contributed by atoms with van der Waals surface area (Å²) in [5.74, 6) is 0.334. The first-order valence-corrected chi connectivity index (χ1v) is 8.58. The fraction of sp³-hybridized carbons (Fsp3) is 0.300. The normalized spacial score (nSPS) is 10.1. The van der Waals surface area contributed by atoms with Gasteiger partial charge in [-0.1, -0.05) is 29.8 Å². The summed E-state index contributed by atoms with van der Waals surface area (Å²) in [6.45, 7) is 6.86. The van der Waals surface area contributed by atoms with E-state index in [9.17, 15) is 9.59 Å². The van der Waals surface area contributed by atoms with Gasteiger partial charge in [0.15, 0.2) is 6.61 Å². The van der Waals surface area contributed by atoms with Crippen LogP contribution in [0.2, 0.25) is 0 Å². The number of rotatable bonds is 7. The van der Waals surface area contributed by atoms with Crippen LogP contribution in [0.4, 0.5) is 10.5 Å². The summed E-state index contributed by atoms with van der Waals surface area (Å²) in [5, 5.41) is 8.26. The number of anilines is 1. The highest BCUT2D eigenvalue weighted by Crippen LogP contribution is 2.17. The van der Waals surface area contributed by atoms with Gasteiger partial charge in [-0.2, -0.15) is 0 Å². The van der Waals surface area contributed by atoms with Crippen molar-refractivity contribution in [3.05, 3.63) is 59.2 Å². The van der Waals surface area contributed by atoms with Gasteiger partial charge in [0, 0.05) is 24.8 Å². The predicted octanol–water partition coefficient (Wildman–Crippen LogP) is 3.14. The lowest BCUT2D eigenvalue weighted by molar-refractivity contribution is -0.122. The molecule has 0 saturated heterocycles. The maximum absolute atomic E-state index is 12.1. The van der Waals surface area contributed by atoms with Crippen molar-refractivity contribution >= 4 is 17.6 Å². The molecule has 6 nitrogen and oxygen atoms in total. The molecule has 3 N–H and O–H groups in total. The van der Waals surface area contributed by atoms with Gasteiger partial charge in [-0.15, -0.1) is 0 Å². The number of aryl methyl sites for hydroxylation is 2. The minimum absolute atomic E-state index is 0.0593. The molecule has 0 saturated carbocycles. The molecule has 0 aromatic heterocycles. The van der Waals surface area contributed by atoms with Gasteiger partial charge in [0.1, 0.15) is 5.75 Å². The Morgan fingerprint density at radius 1 is 1.04 bits per heavy atom. The van der Waals surface area contributed by atoms with Crippen LogP contribution in [0, 0.1) is 13.8 Å². The van der Waals surface area contributed by atoms with E-state index in [-0.39, 0.29) is 18.5 Å². The van der Waals surface area contributed by atoms with Gasteiger partial charge < -0.3 is 20.7 Å². The number of urea groups is 1. The average Bonchev–Trinajstić information content (AvgIpc) is 2.60. The van der Waals surface area contributed by atoms with Gasteiger partial charge in [-0.05, 0) is 44.0 Å². The molecule has 0 aliphatic rings. The van der Waals surface area contributed by atoms with Crippen molar-refractivity contribution in [3.8, 4) is 5.75 Å². The van der Waals surface area contributed by atoms with E-state index in [1.807, 2.05) is 32.9 Å². The molecule has 0 heterocycles. The number of nitrogens with one attached hydrogen (secondary N) is 3. The molecule has 0 spiro atoms. The lowest BCUT2D eigenvalue weighted by Crippen LogP contribution is -2.29. The number of hydrogen-bond acceptors (Lipinski definition) is 3. The molecule has 0 radical (unpaired) electrons. The van der Waals surface area contributed by atoms with Crippen molar-refractivity contribution in [1.29, 1.82) is 0 Å². The summed E-state index contributed by atoms with van der Waals surface area (Å²) in [5.41, 5.74) is 4.01. The molecular weight excluding hydrogens is 330 g/mol. The third-order valence-corrected chi connectivity index (χ3v) is 3.77. The van der Waals surface area contributed by atoms with Crippen LogP contribution in [0.1, 0.15) is 23.6 Å². The fourth-order valence-electron chi connectivity index (χ4n) is 2.46. The number of benzene rings is 2.